The van der Waals surface area contributed by atoms with Gasteiger partial charge < -0.3 is 9.64 Å². The Morgan fingerprint density at radius 2 is 2.05 bits per heavy atom. The van der Waals surface area contributed by atoms with E-state index in [4.69, 9.17) is 4.74 Å². The minimum Gasteiger partial charge on any atom is -0.493 e. The molecular weight excluding hydrogens is 242 g/mol. The van der Waals surface area contributed by atoms with Gasteiger partial charge in [-0.2, -0.15) is 5.10 Å². The summed E-state index contributed by atoms with van der Waals surface area (Å²) in [6, 6.07) is 1.91. The number of rotatable bonds is 3. The summed E-state index contributed by atoms with van der Waals surface area (Å²) in [5.74, 6) is 1.36. The second-order valence-electron chi connectivity index (χ2n) is 4.30. The average molecular weight is 257 g/mol. The maximum Gasteiger partial charge on any atom is 0.226 e. The highest BCUT2D eigenvalue weighted by atomic mass is 16.5. The smallest absolute Gasteiger partial charge is 0.226 e. The van der Waals surface area contributed by atoms with Gasteiger partial charge in [0, 0.05) is 26.3 Å². The first-order chi connectivity index (χ1) is 9.29. The molecule has 0 N–H and O–H groups in total. The Morgan fingerprint density at radius 1 is 1.26 bits per heavy atom. The van der Waals surface area contributed by atoms with Crippen LogP contribution in [0.25, 0.3) is 11.4 Å². The summed E-state index contributed by atoms with van der Waals surface area (Å²) in [5.41, 5.74) is 1.67. The fourth-order valence-electron chi connectivity index (χ4n) is 2.09. The van der Waals surface area contributed by atoms with Crippen molar-refractivity contribution in [1.29, 1.82) is 0 Å². The van der Waals surface area contributed by atoms with Crippen molar-refractivity contribution in [1.82, 2.24) is 19.7 Å². The number of ether oxygens (including phenoxy) is 1. The number of methoxy groups -OCH3 is 1. The van der Waals surface area contributed by atoms with Crippen LogP contribution in [0.5, 0.6) is 5.75 Å². The number of hydrogen-bond donors (Lipinski definition) is 0. The van der Waals surface area contributed by atoms with Crippen LogP contribution >= 0.6 is 0 Å². The quantitative estimate of drug-likeness (QED) is 0.775. The number of anilines is 1. The van der Waals surface area contributed by atoms with Crippen LogP contribution in [0.1, 0.15) is 0 Å². The first kappa shape index (κ1) is 11.7. The maximum atomic E-state index is 5.34. The molecule has 0 saturated carbocycles. The normalized spacial score (nSPS) is 14.1. The van der Waals surface area contributed by atoms with Gasteiger partial charge in [-0.1, -0.05) is 12.2 Å². The molecule has 3 heterocycles. The number of aromatic nitrogens is 4. The van der Waals surface area contributed by atoms with Gasteiger partial charge in [0.2, 0.25) is 5.95 Å². The molecule has 0 aliphatic carbocycles. The molecule has 0 atom stereocenters. The van der Waals surface area contributed by atoms with Crippen molar-refractivity contribution >= 4 is 5.95 Å². The molecule has 19 heavy (non-hydrogen) atoms. The fourth-order valence-corrected chi connectivity index (χ4v) is 2.09. The molecule has 6 nitrogen and oxygen atoms in total. The Labute approximate surface area is 111 Å². The highest BCUT2D eigenvalue weighted by molar-refractivity contribution is 5.64. The molecule has 1 aliphatic heterocycles. The predicted octanol–water partition coefficient (Wildman–Crippen LogP) is 1.26. The lowest BCUT2D eigenvalue weighted by Crippen LogP contribution is -2.21. The Hall–Kier alpha value is -2.37. The SMILES string of the molecule is COc1cnc(N2CC=CC2)nc1-c1ccnn1C. The van der Waals surface area contributed by atoms with Crippen molar-refractivity contribution in [3.05, 3.63) is 30.6 Å². The van der Waals surface area contributed by atoms with Gasteiger partial charge in [-0.3, -0.25) is 4.68 Å². The van der Waals surface area contributed by atoms with Crippen LogP contribution < -0.4 is 9.64 Å². The van der Waals surface area contributed by atoms with Crippen molar-refractivity contribution in [3.8, 4) is 17.1 Å². The lowest BCUT2D eigenvalue weighted by Gasteiger charge is -2.17. The molecule has 1 aliphatic rings. The number of nitrogens with zero attached hydrogens (tertiary/aromatic N) is 5. The Morgan fingerprint density at radius 3 is 2.68 bits per heavy atom. The molecule has 0 spiro atoms. The van der Waals surface area contributed by atoms with E-state index in [9.17, 15) is 0 Å². The summed E-state index contributed by atoms with van der Waals surface area (Å²) in [6.07, 6.45) is 7.67. The Balaban J connectivity index is 2.05. The highest BCUT2D eigenvalue weighted by Crippen LogP contribution is 2.28. The van der Waals surface area contributed by atoms with Crippen LogP contribution in [-0.2, 0) is 7.05 Å². The summed E-state index contributed by atoms with van der Waals surface area (Å²) in [6.45, 7) is 1.69. The van der Waals surface area contributed by atoms with Crippen LogP contribution in [0.4, 0.5) is 5.95 Å². The largest absolute Gasteiger partial charge is 0.493 e. The Bertz CT molecular complexity index is 611. The summed E-state index contributed by atoms with van der Waals surface area (Å²) in [4.78, 5) is 11.1. The van der Waals surface area contributed by atoms with E-state index in [1.54, 1.807) is 24.2 Å². The third-order valence-electron chi connectivity index (χ3n) is 3.13. The predicted molar refractivity (Wildman–Crippen MR) is 72.1 cm³/mol. The van der Waals surface area contributed by atoms with E-state index in [1.807, 2.05) is 13.1 Å². The zero-order chi connectivity index (χ0) is 13.2. The van der Waals surface area contributed by atoms with Crippen molar-refractivity contribution in [2.24, 2.45) is 7.05 Å². The van der Waals surface area contributed by atoms with Gasteiger partial charge in [-0.25, -0.2) is 9.97 Å². The summed E-state index contributed by atoms with van der Waals surface area (Å²) >= 11 is 0. The molecular formula is C13H15N5O. The minimum atomic E-state index is 0.652. The molecule has 98 valence electrons. The molecule has 0 radical (unpaired) electrons. The second-order valence-corrected chi connectivity index (χ2v) is 4.30. The van der Waals surface area contributed by atoms with Crippen LogP contribution in [0, 0.1) is 0 Å². The molecule has 0 fully saturated rings. The monoisotopic (exact) mass is 257 g/mol. The topological polar surface area (TPSA) is 56.1 Å². The minimum absolute atomic E-state index is 0.652. The second kappa shape index (κ2) is 4.72. The van der Waals surface area contributed by atoms with E-state index >= 15 is 0 Å². The highest BCUT2D eigenvalue weighted by Gasteiger charge is 2.17. The van der Waals surface area contributed by atoms with E-state index in [2.05, 4.69) is 32.1 Å². The number of aryl methyl sites for hydroxylation is 1. The van der Waals surface area contributed by atoms with Crippen LogP contribution in [0.2, 0.25) is 0 Å². The molecule has 0 unspecified atom stereocenters. The molecule has 2 aromatic rings. The molecule has 3 rings (SSSR count). The lowest BCUT2D eigenvalue weighted by molar-refractivity contribution is 0.412. The molecule has 0 saturated heterocycles. The van der Waals surface area contributed by atoms with E-state index in [1.165, 1.54) is 0 Å². The van der Waals surface area contributed by atoms with Crippen LogP contribution in [0.3, 0.4) is 0 Å². The Kier molecular flexibility index (Phi) is 2.91. The molecule has 2 aromatic heterocycles. The first-order valence-corrected chi connectivity index (χ1v) is 6.09. The van der Waals surface area contributed by atoms with Gasteiger partial charge in [-0.05, 0) is 6.07 Å². The molecule has 0 bridgehead atoms. The van der Waals surface area contributed by atoms with E-state index in [0.29, 0.717) is 11.7 Å². The van der Waals surface area contributed by atoms with E-state index < -0.39 is 0 Å². The van der Waals surface area contributed by atoms with Gasteiger partial charge in [0.25, 0.3) is 0 Å². The van der Waals surface area contributed by atoms with Gasteiger partial charge >= 0.3 is 0 Å². The van der Waals surface area contributed by atoms with Gasteiger partial charge in [-0.15, -0.1) is 0 Å². The standard InChI is InChI=1S/C13H15N5O/c1-17-10(5-6-15-17)12-11(19-2)9-14-13(16-12)18-7-3-4-8-18/h3-6,9H,7-8H2,1-2H3. The third kappa shape index (κ3) is 2.05. The lowest BCUT2D eigenvalue weighted by atomic mass is 10.3. The van der Waals surface area contributed by atoms with Crippen LogP contribution in [0.15, 0.2) is 30.6 Å². The van der Waals surface area contributed by atoms with Crippen molar-refractivity contribution in [2.75, 3.05) is 25.1 Å². The summed E-state index contributed by atoms with van der Waals surface area (Å²) < 4.78 is 7.12. The van der Waals surface area contributed by atoms with Crippen LogP contribution in [-0.4, -0.2) is 39.9 Å². The number of hydrogen-bond acceptors (Lipinski definition) is 5. The zero-order valence-electron chi connectivity index (χ0n) is 10.9. The van der Waals surface area contributed by atoms with E-state index in [-0.39, 0.29) is 0 Å². The summed E-state index contributed by atoms with van der Waals surface area (Å²) in [7, 11) is 3.50. The fraction of sp³-hybridized carbons (Fsp3) is 0.308. The average Bonchev–Trinajstić information content (AvgIpc) is 3.09. The van der Waals surface area contributed by atoms with Crippen molar-refractivity contribution < 1.29 is 4.74 Å². The van der Waals surface area contributed by atoms with Crippen molar-refractivity contribution in [2.45, 2.75) is 0 Å². The summed E-state index contributed by atoms with van der Waals surface area (Å²) in [5, 5.41) is 4.17. The van der Waals surface area contributed by atoms with Gasteiger partial charge in [0.05, 0.1) is 19.0 Å². The molecule has 0 aromatic carbocycles. The molecule has 0 amide bonds. The zero-order valence-corrected chi connectivity index (χ0v) is 10.9. The van der Waals surface area contributed by atoms with Gasteiger partial charge in [0.1, 0.15) is 5.69 Å². The first-order valence-electron chi connectivity index (χ1n) is 6.09. The molecule has 6 heteroatoms. The third-order valence-corrected chi connectivity index (χ3v) is 3.13. The van der Waals surface area contributed by atoms with Gasteiger partial charge in [0.15, 0.2) is 5.75 Å². The van der Waals surface area contributed by atoms with E-state index in [0.717, 1.165) is 24.5 Å². The maximum absolute atomic E-state index is 5.34. The van der Waals surface area contributed by atoms with Crippen molar-refractivity contribution in [3.63, 3.8) is 0 Å².